The second-order valence-electron chi connectivity index (χ2n) is 6.38. The lowest BCUT2D eigenvalue weighted by Gasteiger charge is -2.41. The van der Waals surface area contributed by atoms with Crippen LogP contribution in [-0.4, -0.2) is 33.6 Å². The van der Waals surface area contributed by atoms with Crippen LogP contribution in [0, 0.1) is 11.2 Å². The molecule has 0 bridgehead atoms. The molecule has 1 aliphatic rings. The van der Waals surface area contributed by atoms with Crippen molar-refractivity contribution in [2.45, 2.75) is 39.1 Å². The van der Waals surface area contributed by atoms with Gasteiger partial charge in [-0.15, -0.1) is 0 Å². The normalized spacial score (nSPS) is 22.3. The summed E-state index contributed by atoms with van der Waals surface area (Å²) in [5.74, 6) is -2.02. The van der Waals surface area contributed by atoms with E-state index in [1.807, 2.05) is 0 Å². The van der Waals surface area contributed by atoms with Crippen LogP contribution < -0.4 is 0 Å². The molecule has 8 heteroatoms. The van der Waals surface area contributed by atoms with Gasteiger partial charge >= 0.3 is 6.18 Å². The molecule has 0 aromatic heterocycles. The van der Waals surface area contributed by atoms with E-state index in [9.17, 15) is 27.5 Å². The molecule has 1 aromatic rings. The Morgan fingerprint density at radius 1 is 1.26 bits per heavy atom. The quantitative estimate of drug-likeness (QED) is 0.802. The van der Waals surface area contributed by atoms with Crippen molar-refractivity contribution in [3.8, 4) is 0 Å². The number of amides is 1. The van der Waals surface area contributed by atoms with Crippen molar-refractivity contribution < 1.29 is 27.5 Å². The Morgan fingerprint density at radius 2 is 1.83 bits per heavy atom. The number of carbonyl (C=O) groups is 1. The summed E-state index contributed by atoms with van der Waals surface area (Å²) in [5.41, 5.74) is -5.08. The Bertz CT molecular complexity index is 664. The molecule has 4 nitrogen and oxygen atoms in total. The van der Waals surface area contributed by atoms with E-state index in [1.165, 1.54) is 32.9 Å². The Kier molecular flexibility index (Phi) is 4.00. The van der Waals surface area contributed by atoms with Crippen LogP contribution >= 0.6 is 0 Å². The molecular weight excluding hydrogens is 316 g/mol. The van der Waals surface area contributed by atoms with E-state index in [2.05, 4.69) is 5.10 Å². The van der Waals surface area contributed by atoms with Gasteiger partial charge in [-0.1, -0.05) is 32.9 Å². The van der Waals surface area contributed by atoms with Gasteiger partial charge in [0.05, 0.1) is 5.56 Å². The highest BCUT2D eigenvalue weighted by atomic mass is 19.4. The fourth-order valence-corrected chi connectivity index (χ4v) is 2.25. The molecule has 23 heavy (non-hydrogen) atoms. The smallest absolute Gasteiger partial charge is 0.368 e. The first-order valence-corrected chi connectivity index (χ1v) is 6.84. The lowest BCUT2D eigenvalue weighted by Crippen LogP contribution is -2.55. The van der Waals surface area contributed by atoms with Crippen molar-refractivity contribution in [2.75, 3.05) is 0 Å². The van der Waals surface area contributed by atoms with Crippen molar-refractivity contribution in [1.29, 1.82) is 0 Å². The van der Waals surface area contributed by atoms with Crippen molar-refractivity contribution in [1.82, 2.24) is 5.01 Å². The number of hydrogen-bond donors (Lipinski definition) is 1. The SMILES string of the molecule is CC(C)(C)[C@]1(O)CC(C(F)(F)F)=NN1C(=O)c1ccccc1F. The van der Waals surface area contributed by atoms with Crippen molar-refractivity contribution in [3.63, 3.8) is 0 Å². The van der Waals surface area contributed by atoms with E-state index in [1.54, 1.807) is 0 Å². The zero-order valence-corrected chi connectivity index (χ0v) is 12.8. The van der Waals surface area contributed by atoms with E-state index in [4.69, 9.17) is 0 Å². The summed E-state index contributed by atoms with van der Waals surface area (Å²) < 4.78 is 52.6. The van der Waals surface area contributed by atoms with E-state index < -0.39 is 46.7 Å². The first-order chi connectivity index (χ1) is 10.4. The molecule has 1 atom stereocenters. The number of rotatable bonds is 1. The molecule has 0 saturated heterocycles. The Morgan fingerprint density at radius 3 is 2.30 bits per heavy atom. The lowest BCUT2D eigenvalue weighted by atomic mass is 9.80. The van der Waals surface area contributed by atoms with Crippen LogP contribution in [0.15, 0.2) is 29.4 Å². The molecule has 0 radical (unpaired) electrons. The summed E-state index contributed by atoms with van der Waals surface area (Å²) in [6.45, 7) is 4.43. The molecule has 0 aliphatic carbocycles. The summed E-state index contributed by atoms with van der Waals surface area (Å²) in [7, 11) is 0. The van der Waals surface area contributed by atoms with Crippen LogP contribution in [0.2, 0.25) is 0 Å². The molecule has 1 heterocycles. The first kappa shape index (κ1) is 17.4. The maximum Gasteiger partial charge on any atom is 0.431 e. The van der Waals surface area contributed by atoms with E-state index in [0.717, 1.165) is 12.1 Å². The predicted molar refractivity (Wildman–Crippen MR) is 75.1 cm³/mol. The minimum Gasteiger partial charge on any atom is -0.368 e. The number of hydrazone groups is 1. The fraction of sp³-hybridized carbons (Fsp3) is 0.467. The summed E-state index contributed by atoms with van der Waals surface area (Å²) in [4.78, 5) is 12.5. The number of carbonyl (C=O) groups excluding carboxylic acids is 1. The van der Waals surface area contributed by atoms with Gasteiger partial charge in [-0.05, 0) is 12.1 Å². The van der Waals surface area contributed by atoms with Crippen LogP contribution in [-0.2, 0) is 0 Å². The molecule has 0 spiro atoms. The molecular formula is C15H16F4N2O2. The highest BCUT2D eigenvalue weighted by molar-refractivity contribution is 6.00. The van der Waals surface area contributed by atoms with Crippen LogP contribution in [0.25, 0.3) is 0 Å². The van der Waals surface area contributed by atoms with Gasteiger partial charge in [0.2, 0.25) is 0 Å². The molecule has 1 aromatic carbocycles. The largest absolute Gasteiger partial charge is 0.431 e. The Labute approximate surface area is 130 Å². The van der Waals surface area contributed by atoms with E-state index in [0.29, 0.717) is 5.01 Å². The monoisotopic (exact) mass is 332 g/mol. The summed E-state index contributed by atoms with van der Waals surface area (Å²) in [5, 5.41) is 14.3. The van der Waals surface area contributed by atoms with Gasteiger partial charge in [-0.2, -0.15) is 23.3 Å². The zero-order chi connectivity index (χ0) is 17.6. The van der Waals surface area contributed by atoms with E-state index >= 15 is 0 Å². The lowest BCUT2D eigenvalue weighted by molar-refractivity contribution is -0.144. The van der Waals surface area contributed by atoms with Gasteiger partial charge in [-0.25, -0.2) is 4.39 Å². The van der Waals surface area contributed by atoms with Gasteiger partial charge < -0.3 is 5.11 Å². The molecule has 0 unspecified atom stereocenters. The summed E-state index contributed by atoms with van der Waals surface area (Å²) >= 11 is 0. The Balaban J connectivity index is 2.53. The van der Waals surface area contributed by atoms with Crippen molar-refractivity contribution in [3.05, 3.63) is 35.6 Å². The topological polar surface area (TPSA) is 52.9 Å². The third kappa shape index (κ3) is 2.95. The second-order valence-corrected chi connectivity index (χ2v) is 6.38. The molecule has 2 rings (SSSR count). The number of alkyl halides is 3. The first-order valence-electron chi connectivity index (χ1n) is 6.84. The average molecular weight is 332 g/mol. The molecule has 126 valence electrons. The summed E-state index contributed by atoms with van der Waals surface area (Å²) in [6.07, 6.45) is -5.66. The average Bonchev–Trinajstić information content (AvgIpc) is 2.77. The maximum atomic E-state index is 13.8. The number of benzene rings is 1. The highest BCUT2D eigenvalue weighted by Gasteiger charge is 2.57. The molecule has 0 saturated carbocycles. The van der Waals surface area contributed by atoms with Crippen LogP contribution in [0.3, 0.4) is 0 Å². The molecule has 1 amide bonds. The van der Waals surface area contributed by atoms with Crippen LogP contribution in [0.4, 0.5) is 17.6 Å². The highest BCUT2D eigenvalue weighted by Crippen LogP contribution is 2.44. The van der Waals surface area contributed by atoms with Gasteiger partial charge in [-0.3, -0.25) is 4.79 Å². The third-order valence-electron chi connectivity index (χ3n) is 3.81. The molecule has 0 fully saturated rings. The minimum absolute atomic E-state index is 0.342. The van der Waals surface area contributed by atoms with Gasteiger partial charge in [0.25, 0.3) is 5.91 Å². The van der Waals surface area contributed by atoms with Crippen molar-refractivity contribution in [2.24, 2.45) is 10.5 Å². The van der Waals surface area contributed by atoms with Crippen LogP contribution in [0.1, 0.15) is 37.6 Å². The van der Waals surface area contributed by atoms with Gasteiger partial charge in [0.15, 0.2) is 5.72 Å². The van der Waals surface area contributed by atoms with Crippen LogP contribution in [0.5, 0.6) is 0 Å². The third-order valence-corrected chi connectivity index (χ3v) is 3.81. The number of halogens is 4. The second kappa shape index (κ2) is 5.30. The predicted octanol–water partition coefficient (Wildman–Crippen LogP) is 3.32. The summed E-state index contributed by atoms with van der Waals surface area (Å²) in [6, 6.07) is 4.85. The number of nitrogens with zero attached hydrogens (tertiary/aromatic N) is 2. The van der Waals surface area contributed by atoms with Crippen molar-refractivity contribution >= 4 is 11.6 Å². The minimum atomic E-state index is -4.79. The van der Waals surface area contributed by atoms with Gasteiger partial charge in [0, 0.05) is 11.8 Å². The van der Waals surface area contributed by atoms with E-state index in [-0.39, 0.29) is 0 Å². The number of hydrogen-bond acceptors (Lipinski definition) is 3. The maximum absolute atomic E-state index is 13.8. The van der Waals surface area contributed by atoms with Gasteiger partial charge in [0.1, 0.15) is 11.5 Å². The zero-order valence-electron chi connectivity index (χ0n) is 12.8. The standard InChI is InChI=1S/C15H16F4N2O2/c1-13(2,3)14(23)8-11(15(17,18)19)20-21(14)12(22)9-6-4-5-7-10(9)16/h4-7,23H,8H2,1-3H3/t14-/m1/s1. The molecule has 1 N–H and O–H groups in total. The Hall–Kier alpha value is -1.96. The fourth-order valence-electron chi connectivity index (χ4n) is 2.25. The molecule has 1 aliphatic heterocycles. The number of aliphatic hydroxyl groups is 1.